The number of aromatic nitrogens is 1. The molecule has 2 aromatic carbocycles. The molecule has 1 aromatic heterocycles. The van der Waals surface area contributed by atoms with E-state index >= 15 is 0 Å². The number of benzene rings is 2. The Hall–Kier alpha value is -2.79. The molecule has 0 saturated carbocycles. The summed E-state index contributed by atoms with van der Waals surface area (Å²) in [6, 6.07) is 12.9. The number of methoxy groups -OCH3 is 1. The predicted molar refractivity (Wildman–Crippen MR) is 102 cm³/mol. The van der Waals surface area contributed by atoms with Crippen LogP contribution in [0.25, 0.3) is 10.9 Å². The van der Waals surface area contributed by atoms with Gasteiger partial charge in [-0.1, -0.05) is 23.7 Å². The maximum absolute atomic E-state index is 12.6. The zero-order valence-corrected chi connectivity index (χ0v) is 15.3. The van der Waals surface area contributed by atoms with Gasteiger partial charge in [-0.2, -0.15) is 0 Å². The average molecular weight is 371 g/mol. The minimum atomic E-state index is -0.236. The lowest BCUT2D eigenvalue weighted by atomic mass is 10.1. The molecule has 6 heteroatoms. The number of nitrogens with zero attached hydrogens (tertiary/aromatic N) is 1. The highest BCUT2D eigenvalue weighted by Gasteiger charge is 2.17. The second-order valence-electron chi connectivity index (χ2n) is 5.95. The molecule has 0 aliphatic carbocycles. The molecular weight excluding hydrogens is 352 g/mol. The first-order chi connectivity index (χ1) is 12.5. The molecule has 1 heterocycles. The highest BCUT2D eigenvalue weighted by Crippen LogP contribution is 2.25. The van der Waals surface area contributed by atoms with E-state index in [2.05, 4.69) is 5.32 Å². The van der Waals surface area contributed by atoms with Gasteiger partial charge in [-0.3, -0.25) is 14.2 Å². The maximum Gasteiger partial charge on any atom is 0.253 e. The predicted octanol–water partition coefficient (Wildman–Crippen LogP) is 3.94. The van der Waals surface area contributed by atoms with Crippen molar-refractivity contribution < 1.29 is 14.3 Å². The van der Waals surface area contributed by atoms with Crippen LogP contribution in [0.5, 0.6) is 5.75 Å². The van der Waals surface area contributed by atoms with Gasteiger partial charge >= 0.3 is 0 Å². The molecule has 0 fully saturated rings. The Kier molecular flexibility index (Phi) is 5.28. The minimum absolute atomic E-state index is 0.159. The minimum Gasteiger partial charge on any atom is -0.497 e. The number of hydrogen-bond donors (Lipinski definition) is 1. The van der Waals surface area contributed by atoms with Gasteiger partial charge in [0.2, 0.25) is 5.91 Å². The molecule has 0 spiro atoms. The van der Waals surface area contributed by atoms with Crippen LogP contribution in [-0.2, 0) is 6.42 Å². The first-order valence-electron chi connectivity index (χ1n) is 8.22. The lowest BCUT2D eigenvalue weighted by molar-refractivity contribution is 0.0941. The van der Waals surface area contributed by atoms with Crippen molar-refractivity contribution >= 4 is 34.3 Å². The molecule has 26 heavy (non-hydrogen) atoms. The van der Waals surface area contributed by atoms with Gasteiger partial charge in [0.05, 0.1) is 18.2 Å². The van der Waals surface area contributed by atoms with Gasteiger partial charge in [0.25, 0.3) is 5.91 Å². The van der Waals surface area contributed by atoms with Crippen LogP contribution in [0.2, 0.25) is 5.02 Å². The SMILES string of the molecule is COc1cccc(CCNC(=O)c2cn(C(C)=O)c3ccc(Cl)cc23)c1. The van der Waals surface area contributed by atoms with Gasteiger partial charge in [-0.25, -0.2) is 0 Å². The van der Waals surface area contributed by atoms with Crippen LogP contribution in [0, 0.1) is 0 Å². The third-order valence-electron chi connectivity index (χ3n) is 4.18. The standard InChI is InChI=1S/C20H19ClN2O3/c1-13(24)23-12-18(17-11-15(21)6-7-19(17)23)20(25)22-9-8-14-4-3-5-16(10-14)26-2/h3-7,10-12H,8-9H2,1-2H3,(H,22,25). The van der Waals surface area contributed by atoms with Gasteiger partial charge in [-0.05, 0) is 42.3 Å². The van der Waals surface area contributed by atoms with Gasteiger partial charge in [0.1, 0.15) is 5.75 Å². The Morgan fingerprint density at radius 3 is 2.73 bits per heavy atom. The summed E-state index contributed by atoms with van der Waals surface area (Å²) in [5, 5.41) is 4.08. The summed E-state index contributed by atoms with van der Waals surface area (Å²) in [7, 11) is 1.62. The molecule has 0 atom stereocenters. The topological polar surface area (TPSA) is 60.3 Å². The number of hydrogen-bond acceptors (Lipinski definition) is 3. The first-order valence-corrected chi connectivity index (χ1v) is 8.60. The summed E-state index contributed by atoms with van der Waals surface area (Å²) >= 11 is 6.06. The number of carbonyl (C=O) groups excluding carboxylic acids is 2. The fourth-order valence-corrected chi connectivity index (χ4v) is 3.06. The number of rotatable bonds is 5. The van der Waals surface area contributed by atoms with Crippen LogP contribution in [0.1, 0.15) is 27.6 Å². The van der Waals surface area contributed by atoms with Crippen LogP contribution in [0.4, 0.5) is 0 Å². The molecule has 3 aromatic rings. The van der Waals surface area contributed by atoms with Crippen LogP contribution < -0.4 is 10.1 Å². The summed E-state index contributed by atoms with van der Waals surface area (Å²) in [5.74, 6) is 0.390. The van der Waals surface area contributed by atoms with E-state index in [1.54, 1.807) is 31.5 Å². The lowest BCUT2D eigenvalue weighted by Gasteiger charge is -2.06. The van der Waals surface area contributed by atoms with E-state index in [0.29, 0.717) is 34.5 Å². The summed E-state index contributed by atoms with van der Waals surface area (Å²) in [4.78, 5) is 24.4. The van der Waals surface area contributed by atoms with E-state index in [1.807, 2.05) is 24.3 Å². The smallest absolute Gasteiger partial charge is 0.253 e. The highest BCUT2D eigenvalue weighted by atomic mass is 35.5. The zero-order chi connectivity index (χ0) is 18.7. The van der Waals surface area contributed by atoms with Crippen molar-refractivity contribution in [1.29, 1.82) is 0 Å². The van der Waals surface area contributed by atoms with Crippen LogP contribution in [0.15, 0.2) is 48.7 Å². The Morgan fingerprint density at radius 2 is 2.00 bits per heavy atom. The zero-order valence-electron chi connectivity index (χ0n) is 14.6. The third-order valence-corrected chi connectivity index (χ3v) is 4.42. The van der Waals surface area contributed by atoms with Crippen LogP contribution in [-0.4, -0.2) is 30.0 Å². The Labute approximate surface area is 156 Å². The van der Waals surface area contributed by atoms with Crippen molar-refractivity contribution in [3.63, 3.8) is 0 Å². The normalized spacial score (nSPS) is 10.7. The number of ether oxygens (including phenoxy) is 1. The lowest BCUT2D eigenvalue weighted by Crippen LogP contribution is -2.25. The largest absolute Gasteiger partial charge is 0.497 e. The molecule has 0 bridgehead atoms. The van der Waals surface area contributed by atoms with Crippen molar-refractivity contribution in [3.8, 4) is 5.75 Å². The number of fused-ring (bicyclic) bond motifs is 1. The summed E-state index contributed by atoms with van der Waals surface area (Å²) < 4.78 is 6.66. The summed E-state index contributed by atoms with van der Waals surface area (Å²) in [6.07, 6.45) is 2.24. The van der Waals surface area contributed by atoms with Crippen LogP contribution in [0.3, 0.4) is 0 Å². The summed E-state index contributed by atoms with van der Waals surface area (Å²) in [5.41, 5.74) is 2.17. The molecule has 0 saturated heterocycles. The van der Waals surface area contributed by atoms with E-state index < -0.39 is 0 Å². The molecule has 0 radical (unpaired) electrons. The Morgan fingerprint density at radius 1 is 1.19 bits per heavy atom. The van der Waals surface area contributed by atoms with E-state index in [0.717, 1.165) is 11.3 Å². The van der Waals surface area contributed by atoms with Crippen molar-refractivity contribution in [2.45, 2.75) is 13.3 Å². The van der Waals surface area contributed by atoms with Crippen molar-refractivity contribution in [2.24, 2.45) is 0 Å². The quantitative estimate of drug-likeness (QED) is 0.740. The fraction of sp³-hybridized carbons (Fsp3) is 0.200. The Balaban J connectivity index is 1.77. The molecule has 0 aliphatic rings. The molecule has 0 unspecified atom stereocenters. The highest BCUT2D eigenvalue weighted by molar-refractivity contribution is 6.31. The van der Waals surface area contributed by atoms with Gasteiger partial charge in [0, 0.05) is 30.1 Å². The second-order valence-corrected chi connectivity index (χ2v) is 6.39. The molecule has 0 aliphatic heterocycles. The average Bonchev–Trinajstić information content (AvgIpc) is 3.00. The number of carbonyl (C=O) groups is 2. The molecule has 134 valence electrons. The Bertz CT molecular complexity index is 978. The molecule has 1 amide bonds. The van der Waals surface area contributed by atoms with Gasteiger partial charge in [0.15, 0.2) is 0 Å². The van der Waals surface area contributed by atoms with E-state index in [-0.39, 0.29) is 11.8 Å². The van der Waals surface area contributed by atoms with Gasteiger partial charge < -0.3 is 10.1 Å². The number of halogens is 1. The van der Waals surface area contributed by atoms with Crippen molar-refractivity contribution in [2.75, 3.05) is 13.7 Å². The van der Waals surface area contributed by atoms with Crippen molar-refractivity contribution in [1.82, 2.24) is 9.88 Å². The van der Waals surface area contributed by atoms with Crippen molar-refractivity contribution in [3.05, 3.63) is 64.8 Å². The number of nitrogens with one attached hydrogen (secondary N) is 1. The first kappa shape index (κ1) is 18.0. The maximum atomic E-state index is 12.6. The van der Waals surface area contributed by atoms with Gasteiger partial charge in [-0.15, -0.1) is 0 Å². The third kappa shape index (κ3) is 3.73. The second kappa shape index (κ2) is 7.62. The fourth-order valence-electron chi connectivity index (χ4n) is 2.89. The van der Waals surface area contributed by atoms with Crippen LogP contribution >= 0.6 is 11.6 Å². The molecule has 3 rings (SSSR count). The van der Waals surface area contributed by atoms with E-state index in [1.165, 1.54) is 11.5 Å². The molecule has 5 nitrogen and oxygen atoms in total. The monoisotopic (exact) mass is 370 g/mol. The summed E-state index contributed by atoms with van der Waals surface area (Å²) in [6.45, 7) is 1.93. The van der Waals surface area contributed by atoms with E-state index in [4.69, 9.17) is 16.3 Å². The molecule has 1 N–H and O–H groups in total. The van der Waals surface area contributed by atoms with E-state index in [9.17, 15) is 9.59 Å². The number of amides is 1. The molecular formula is C20H19ClN2O3.